The number of rotatable bonds is 7. The van der Waals surface area contributed by atoms with Gasteiger partial charge in [-0.1, -0.05) is 18.2 Å². The Morgan fingerprint density at radius 2 is 2.06 bits per heavy atom. The summed E-state index contributed by atoms with van der Waals surface area (Å²) in [6.07, 6.45) is 13.8. The molecule has 7 nitrogen and oxygen atoms in total. The molecular weight excluding hydrogens is 412 g/mol. The summed E-state index contributed by atoms with van der Waals surface area (Å²) in [7, 11) is 3.36. The van der Waals surface area contributed by atoms with Crippen LogP contribution in [0.25, 0.3) is 0 Å². The van der Waals surface area contributed by atoms with E-state index >= 15 is 0 Å². The highest BCUT2D eigenvalue weighted by molar-refractivity contribution is 7.17. The fourth-order valence-corrected chi connectivity index (χ4v) is 4.81. The molecule has 2 aliphatic rings. The first kappa shape index (κ1) is 22.7. The largest absolute Gasteiger partial charge is 0.349 e. The van der Waals surface area contributed by atoms with Crippen LogP contribution in [0.1, 0.15) is 41.7 Å². The Kier molecular flexibility index (Phi) is 7.57. The van der Waals surface area contributed by atoms with Gasteiger partial charge in [0.1, 0.15) is 5.00 Å². The molecule has 2 N–H and O–H groups in total. The van der Waals surface area contributed by atoms with E-state index in [0.29, 0.717) is 30.1 Å². The van der Waals surface area contributed by atoms with Gasteiger partial charge in [-0.05, 0) is 36.5 Å². The number of hydrogen-bond donors (Lipinski definition) is 2. The second-order valence-corrected chi connectivity index (χ2v) is 8.86. The van der Waals surface area contributed by atoms with Crippen LogP contribution in [0, 0.1) is 5.41 Å². The first-order valence-electron chi connectivity index (χ1n) is 10.4. The van der Waals surface area contributed by atoms with Crippen molar-refractivity contribution in [1.82, 2.24) is 9.80 Å². The average Bonchev–Trinajstić information content (AvgIpc) is 3.12. The Morgan fingerprint density at radius 1 is 1.26 bits per heavy atom. The second kappa shape index (κ2) is 10.3. The van der Waals surface area contributed by atoms with Gasteiger partial charge in [-0.25, -0.2) is 0 Å². The molecule has 0 saturated carbocycles. The molecule has 1 aliphatic heterocycles. The zero-order valence-corrected chi connectivity index (χ0v) is 18.8. The normalized spacial score (nSPS) is 15.4. The van der Waals surface area contributed by atoms with Crippen molar-refractivity contribution in [3.63, 3.8) is 0 Å². The highest BCUT2D eigenvalue weighted by Crippen LogP contribution is 2.36. The molecule has 0 saturated heterocycles. The maximum atomic E-state index is 12.5. The van der Waals surface area contributed by atoms with E-state index in [2.05, 4.69) is 17.5 Å². The summed E-state index contributed by atoms with van der Waals surface area (Å²) in [4.78, 5) is 40.9. The molecule has 1 aromatic heterocycles. The summed E-state index contributed by atoms with van der Waals surface area (Å²) in [5.74, 6) is -0.351. The topological polar surface area (TPSA) is 93.6 Å². The molecule has 1 aliphatic carbocycles. The highest BCUT2D eigenvalue weighted by Gasteiger charge is 2.26. The Hall–Kier alpha value is -3.00. The van der Waals surface area contributed by atoms with Gasteiger partial charge in [0.15, 0.2) is 0 Å². The Morgan fingerprint density at radius 3 is 2.74 bits per heavy atom. The lowest BCUT2D eigenvalue weighted by molar-refractivity contribution is -0.136. The van der Waals surface area contributed by atoms with Crippen LogP contribution in [-0.4, -0.2) is 54.4 Å². The minimum Gasteiger partial charge on any atom is -0.349 e. The zero-order chi connectivity index (χ0) is 22.4. The summed E-state index contributed by atoms with van der Waals surface area (Å²) in [6.45, 7) is 0.993. The van der Waals surface area contributed by atoms with Gasteiger partial charge >= 0.3 is 0 Å². The molecule has 0 atom stereocenters. The van der Waals surface area contributed by atoms with Gasteiger partial charge in [-0.15, -0.1) is 11.3 Å². The average molecular weight is 441 g/mol. The fourth-order valence-electron chi connectivity index (χ4n) is 3.56. The maximum absolute atomic E-state index is 12.5. The van der Waals surface area contributed by atoms with Gasteiger partial charge in [0.05, 0.1) is 6.54 Å². The Balaban J connectivity index is 1.65. The molecule has 0 unspecified atom stereocenters. The third-order valence-corrected chi connectivity index (χ3v) is 6.48. The van der Waals surface area contributed by atoms with E-state index in [4.69, 9.17) is 5.41 Å². The van der Waals surface area contributed by atoms with Crippen molar-refractivity contribution in [2.75, 3.05) is 26.0 Å². The van der Waals surface area contributed by atoms with Crippen LogP contribution < -0.4 is 5.32 Å². The lowest BCUT2D eigenvalue weighted by Gasteiger charge is -2.27. The van der Waals surface area contributed by atoms with Gasteiger partial charge in [-0.3, -0.25) is 14.4 Å². The van der Waals surface area contributed by atoms with Crippen LogP contribution in [0.15, 0.2) is 36.0 Å². The van der Waals surface area contributed by atoms with Gasteiger partial charge in [0.25, 0.3) is 0 Å². The summed E-state index contributed by atoms with van der Waals surface area (Å²) >= 11 is 1.41. The number of hydrogen-bond acceptors (Lipinski definition) is 5. The molecule has 31 heavy (non-hydrogen) atoms. The molecule has 2 heterocycles. The van der Waals surface area contributed by atoms with Crippen molar-refractivity contribution < 1.29 is 14.4 Å². The number of anilines is 1. The zero-order valence-electron chi connectivity index (χ0n) is 17.9. The number of nitrogens with zero attached hydrogens (tertiary/aromatic N) is 2. The van der Waals surface area contributed by atoms with E-state index in [1.165, 1.54) is 28.5 Å². The number of allylic oxidation sites excluding steroid dienone is 5. The third-order valence-electron chi connectivity index (χ3n) is 5.33. The number of fused-ring (bicyclic) bond motifs is 1. The van der Waals surface area contributed by atoms with Crippen molar-refractivity contribution in [1.29, 1.82) is 5.41 Å². The first-order valence-corrected chi connectivity index (χ1v) is 11.2. The molecule has 0 spiro atoms. The molecule has 0 fully saturated rings. The summed E-state index contributed by atoms with van der Waals surface area (Å²) in [6, 6.07) is 0. The fraction of sp³-hybridized carbons (Fsp3) is 0.391. The van der Waals surface area contributed by atoms with Crippen LogP contribution in [0.5, 0.6) is 0 Å². The van der Waals surface area contributed by atoms with Gasteiger partial charge in [0.2, 0.25) is 17.7 Å². The molecule has 1 aromatic rings. The number of carbonyl (C=O) groups excluding carboxylic acids is 3. The summed E-state index contributed by atoms with van der Waals surface area (Å²) in [5, 5.41) is 11.3. The van der Waals surface area contributed by atoms with Crippen molar-refractivity contribution >= 4 is 40.3 Å². The summed E-state index contributed by atoms with van der Waals surface area (Å²) in [5.41, 5.74) is 2.75. The lowest BCUT2D eigenvalue weighted by Crippen LogP contribution is -2.36. The van der Waals surface area contributed by atoms with E-state index < -0.39 is 0 Å². The Labute approximate surface area is 186 Å². The van der Waals surface area contributed by atoms with E-state index in [1.807, 2.05) is 6.08 Å². The van der Waals surface area contributed by atoms with E-state index in [-0.39, 0.29) is 30.6 Å². The van der Waals surface area contributed by atoms with Gasteiger partial charge in [0, 0.05) is 56.2 Å². The lowest BCUT2D eigenvalue weighted by atomic mass is 10.0. The minimum absolute atomic E-state index is 0.0482. The van der Waals surface area contributed by atoms with Crippen molar-refractivity contribution in [3.8, 4) is 0 Å². The van der Waals surface area contributed by atoms with E-state index in [1.54, 1.807) is 25.1 Å². The maximum Gasteiger partial charge on any atom is 0.249 e. The minimum atomic E-state index is -0.239. The van der Waals surface area contributed by atoms with E-state index in [0.717, 1.165) is 28.9 Å². The summed E-state index contributed by atoms with van der Waals surface area (Å²) < 4.78 is 0. The Bertz CT molecular complexity index is 972. The standard InChI is InChI=1S/C23H28N4O3S/c1-26(2)21(29)10-11-22(30)27-13-12-17-18(14-24)23(31-19(17)15-27)25-20(28)9-8-16-6-4-3-5-7-16/h4,6-9,14,24H,3,5,10-13,15H2,1-2H3,(H,25,28)/b9-8+,24-14?. The predicted molar refractivity (Wildman–Crippen MR) is 123 cm³/mol. The molecule has 3 amide bonds. The quantitative estimate of drug-likeness (QED) is 0.503. The van der Waals surface area contributed by atoms with Crippen molar-refractivity contribution in [2.24, 2.45) is 0 Å². The molecule has 0 aromatic carbocycles. The molecule has 0 bridgehead atoms. The van der Waals surface area contributed by atoms with Gasteiger partial charge < -0.3 is 20.5 Å². The predicted octanol–water partition coefficient (Wildman–Crippen LogP) is 3.27. The van der Waals surface area contributed by atoms with E-state index in [9.17, 15) is 14.4 Å². The molecule has 8 heteroatoms. The number of carbonyl (C=O) groups is 3. The van der Waals surface area contributed by atoms with Crippen LogP contribution in [0.4, 0.5) is 5.00 Å². The third kappa shape index (κ3) is 5.79. The highest BCUT2D eigenvalue weighted by atomic mass is 32.1. The first-order chi connectivity index (χ1) is 14.9. The number of thiophene rings is 1. The van der Waals surface area contributed by atoms with Crippen LogP contribution >= 0.6 is 11.3 Å². The smallest absolute Gasteiger partial charge is 0.249 e. The van der Waals surface area contributed by atoms with Crippen LogP contribution in [0.3, 0.4) is 0 Å². The molecule has 0 radical (unpaired) electrons. The molecule has 3 rings (SSSR count). The molecule has 164 valence electrons. The number of nitrogens with one attached hydrogen (secondary N) is 2. The second-order valence-electron chi connectivity index (χ2n) is 7.75. The SMILES string of the molecule is CN(C)C(=O)CCC(=O)N1CCc2c(sc(NC(=O)/C=C/C3=CCCC=C3)c2C=N)C1. The van der Waals surface area contributed by atoms with Gasteiger partial charge in [-0.2, -0.15) is 0 Å². The monoisotopic (exact) mass is 440 g/mol. The van der Waals surface area contributed by atoms with Crippen LogP contribution in [-0.2, 0) is 27.3 Å². The molecular formula is C23H28N4O3S. The van der Waals surface area contributed by atoms with Crippen molar-refractivity contribution in [3.05, 3.63) is 52.0 Å². The van der Waals surface area contributed by atoms with Crippen molar-refractivity contribution in [2.45, 2.75) is 38.6 Å². The van der Waals surface area contributed by atoms with Crippen LogP contribution in [0.2, 0.25) is 0 Å². The number of amides is 3.